The Bertz CT molecular complexity index is 1480. The van der Waals surface area contributed by atoms with Crippen LogP contribution in [0.4, 0.5) is 10.5 Å². The Morgan fingerprint density at radius 3 is 2.61 bits per heavy atom. The summed E-state index contributed by atoms with van der Waals surface area (Å²) in [6.45, 7) is 1.65. The van der Waals surface area contributed by atoms with Crippen LogP contribution in [-0.2, 0) is 16.1 Å². The van der Waals surface area contributed by atoms with Crippen LogP contribution in [-0.4, -0.2) is 35.7 Å². The first-order valence-corrected chi connectivity index (χ1v) is 12.6. The summed E-state index contributed by atoms with van der Waals surface area (Å²) in [5.41, 5.74) is 3.20. The third kappa shape index (κ3) is 6.17. The monoisotopic (exact) mass is 547 g/mol. The Kier molecular flexibility index (Phi) is 8.36. The van der Waals surface area contributed by atoms with E-state index in [0.717, 1.165) is 22.2 Å². The molecule has 0 aromatic heterocycles. The molecule has 3 aromatic carbocycles. The van der Waals surface area contributed by atoms with Crippen LogP contribution in [0.3, 0.4) is 0 Å². The molecule has 10 heteroatoms. The summed E-state index contributed by atoms with van der Waals surface area (Å²) < 4.78 is 11.0. The van der Waals surface area contributed by atoms with Gasteiger partial charge in [0.25, 0.3) is 17.1 Å². The number of imide groups is 1. The number of benzene rings is 3. The normalized spacial score (nSPS) is 13.9. The van der Waals surface area contributed by atoms with Crippen molar-refractivity contribution in [2.24, 2.45) is 0 Å². The number of carbonyl (C=O) groups is 3. The quantitative estimate of drug-likeness (QED) is 0.356. The average Bonchev–Trinajstić information content (AvgIpc) is 3.16. The highest BCUT2D eigenvalue weighted by atomic mass is 35.5. The fraction of sp³-hybridized carbons (Fsp3) is 0.143. The van der Waals surface area contributed by atoms with E-state index in [0.29, 0.717) is 22.4 Å². The lowest BCUT2D eigenvalue weighted by atomic mass is 10.1. The summed E-state index contributed by atoms with van der Waals surface area (Å²) in [5.74, 6) is -0.417. The Balaban J connectivity index is 1.47. The molecule has 1 heterocycles. The number of halogens is 1. The van der Waals surface area contributed by atoms with E-state index in [-0.39, 0.29) is 40.5 Å². The molecule has 1 fully saturated rings. The average molecular weight is 548 g/mol. The van der Waals surface area contributed by atoms with E-state index >= 15 is 0 Å². The molecule has 0 radical (unpaired) electrons. The van der Waals surface area contributed by atoms with E-state index < -0.39 is 11.1 Å². The number of aryl methyl sites for hydroxylation is 1. The Hall–Kier alpha value is -4.26. The smallest absolute Gasteiger partial charge is 0.293 e. The van der Waals surface area contributed by atoms with Crippen molar-refractivity contribution >= 4 is 52.2 Å². The minimum absolute atomic E-state index is 0.00670. The molecule has 192 valence electrons. The first-order chi connectivity index (χ1) is 18.3. The number of anilines is 1. The molecule has 8 nitrogen and oxygen atoms in total. The van der Waals surface area contributed by atoms with Crippen molar-refractivity contribution in [1.82, 2.24) is 4.90 Å². The van der Waals surface area contributed by atoms with Crippen LogP contribution >= 0.6 is 23.4 Å². The van der Waals surface area contributed by atoms with Crippen LogP contribution in [0, 0.1) is 18.3 Å². The summed E-state index contributed by atoms with van der Waals surface area (Å²) >= 11 is 7.22. The summed E-state index contributed by atoms with van der Waals surface area (Å²) in [5, 5.41) is 11.8. The third-order valence-electron chi connectivity index (χ3n) is 5.57. The summed E-state index contributed by atoms with van der Waals surface area (Å²) in [7, 11) is 1.43. The number of nitriles is 1. The first-order valence-electron chi connectivity index (χ1n) is 11.4. The summed E-state index contributed by atoms with van der Waals surface area (Å²) in [6.07, 6.45) is 1.53. The number of thioether (sulfide) groups is 1. The van der Waals surface area contributed by atoms with E-state index in [9.17, 15) is 19.6 Å². The van der Waals surface area contributed by atoms with Crippen LogP contribution in [0.5, 0.6) is 11.5 Å². The lowest BCUT2D eigenvalue weighted by Crippen LogP contribution is -2.27. The third-order valence-corrected chi connectivity index (χ3v) is 6.76. The van der Waals surface area contributed by atoms with Crippen LogP contribution in [0.15, 0.2) is 65.6 Å². The molecule has 1 aliphatic rings. The SMILES string of the molecule is COc1cc(/C=C2/SC(=O)N(Cc3ccccc3C#N)C2=O)cc(Cl)c1OCC(=O)Nc1ccc(C)cc1. The van der Waals surface area contributed by atoms with E-state index in [1.807, 2.05) is 19.1 Å². The Morgan fingerprint density at radius 1 is 1.16 bits per heavy atom. The molecule has 0 aliphatic carbocycles. The highest BCUT2D eigenvalue weighted by molar-refractivity contribution is 8.18. The molecular formula is C28H22ClN3O5S. The van der Waals surface area contributed by atoms with Crippen molar-refractivity contribution < 1.29 is 23.9 Å². The second-order valence-electron chi connectivity index (χ2n) is 8.27. The van der Waals surface area contributed by atoms with Gasteiger partial charge in [-0.2, -0.15) is 5.26 Å². The lowest BCUT2D eigenvalue weighted by molar-refractivity contribution is -0.123. The molecule has 1 N–H and O–H groups in total. The van der Waals surface area contributed by atoms with Crippen LogP contribution < -0.4 is 14.8 Å². The van der Waals surface area contributed by atoms with E-state index in [2.05, 4.69) is 11.4 Å². The molecule has 3 amide bonds. The van der Waals surface area contributed by atoms with Crippen molar-refractivity contribution in [3.63, 3.8) is 0 Å². The minimum atomic E-state index is -0.476. The van der Waals surface area contributed by atoms with E-state index in [4.69, 9.17) is 21.1 Å². The van der Waals surface area contributed by atoms with Crippen molar-refractivity contribution in [2.75, 3.05) is 19.0 Å². The number of nitrogens with one attached hydrogen (secondary N) is 1. The van der Waals surface area contributed by atoms with Gasteiger partial charge < -0.3 is 14.8 Å². The lowest BCUT2D eigenvalue weighted by Gasteiger charge is -2.14. The van der Waals surface area contributed by atoms with Crippen molar-refractivity contribution in [3.05, 3.63) is 92.8 Å². The van der Waals surface area contributed by atoms with E-state index in [1.54, 1.807) is 48.5 Å². The maximum absolute atomic E-state index is 13.0. The predicted molar refractivity (Wildman–Crippen MR) is 146 cm³/mol. The zero-order valence-corrected chi connectivity index (χ0v) is 22.1. The van der Waals surface area contributed by atoms with Crippen LogP contribution in [0.1, 0.15) is 22.3 Å². The van der Waals surface area contributed by atoms with Gasteiger partial charge in [-0.3, -0.25) is 19.3 Å². The molecule has 0 bridgehead atoms. The van der Waals surface area contributed by atoms with Crippen molar-refractivity contribution in [1.29, 1.82) is 5.26 Å². The maximum Gasteiger partial charge on any atom is 0.293 e. The van der Waals surface area contributed by atoms with Gasteiger partial charge in [-0.25, -0.2) is 0 Å². The summed E-state index contributed by atoms with van der Waals surface area (Å²) in [4.78, 5) is 39.2. The Morgan fingerprint density at radius 2 is 1.89 bits per heavy atom. The fourth-order valence-corrected chi connectivity index (χ4v) is 4.77. The van der Waals surface area contributed by atoms with E-state index in [1.165, 1.54) is 13.2 Å². The van der Waals surface area contributed by atoms with Gasteiger partial charge in [0.05, 0.1) is 35.2 Å². The highest BCUT2D eigenvalue weighted by Gasteiger charge is 2.35. The van der Waals surface area contributed by atoms with Gasteiger partial charge in [-0.05, 0) is 66.2 Å². The molecule has 4 rings (SSSR count). The van der Waals surface area contributed by atoms with Gasteiger partial charge in [0.1, 0.15) is 0 Å². The zero-order chi connectivity index (χ0) is 27.2. The largest absolute Gasteiger partial charge is 0.493 e. The van der Waals surface area contributed by atoms with Gasteiger partial charge >= 0.3 is 0 Å². The van der Waals surface area contributed by atoms with Crippen LogP contribution in [0.25, 0.3) is 6.08 Å². The van der Waals surface area contributed by atoms with Gasteiger partial charge in [0.2, 0.25) is 0 Å². The Labute approximate surface area is 228 Å². The predicted octanol–water partition coefficient (Wildman–Crippen LogP) is 5.78. The highest BCUT2D eigenvalue weighted by Crippen LogP contribution is 2.39. The molecule has 3 aromatic rings. The first kappa shape index (κ1) is 26.8. The number of carbonyl (C=O) groups excluding carboxylic acids is 3. The number of rotatable bonds is 8. The van der Waals surface area contributed by atoms with Gasteiger partial charge in [-0.15, -0.1) is 0 Å². The molecule has 0 spiro atoms. The molecule has 0 saturated carbocycles. The van der Waals surface area contributed by atoms with Gasteiger partial charge in [-0.1, -0.05) is 47.5 Å². The second-order valence-corrected chi connectivity index (χ2v) is 9.67. The molecule has 1 aliphatic heterocycles. The fourth-order valence-electron chi connectivity index (χ4n) is 3.66. The minimum Gasteiger partial charge on any atom is -0.493 e. The standard InChI is InChI=1S/C28H22ClN3O5S/c1-17-7-9-21(10-8-17)31-25(33)16-37-26-22(29)11-18(12-23(26)36-2)13-24-27(34)32(28(35)38-24)15-20-6-4-3-5-19(20)14-30/h3-13H,15-16H2,1-2H3,(H,31,33)/b24-13+. The molecule has 1 saturated heterocycles. The summed E-state index contributed by atoms with van der Waals surface area (Å²) in [6, 6.07) is 19.4. The molecule has 0 unspecified atom stereocenters. The van der Waals surface area contributed by atoms with Crippen molar-refractivity contribution in [2.45, 2.75) is 13.5 Å². The topological polar surface area (TPSA) is 109 Å². The molecule has 38 heavy (non-hydrogen) atoms. The van der Waals surface area contributed by atoms with Crippen molar-refractivity contribution in [3.8, 4) is 17.6 Å². The van der Waals surface area contributed by atoms with Gasteiger partial charge in [0, 0.05) is 5.69 Å². The van der Waals surface area contributed by atoms with Gasteiger partial charge in [0.15, 0.2) is 18.1 Å². The number of amides is 3. The number of methoxy groups -OCH3 is 1. The zero-order valence-electron chi connectivity index (χ0n) is 20.5. The number of nitrogens with zero attached hydrogens (tertiary/aromatic N) is 2. The number of ether oxygens (including phenoxy) is 2. The second kappa shape index (κ2) is 11.9. The maximum atomic E-state index is 13.0. The molecule has 0 atom stereocenters. The molecular weight excluding hydrogens is 526 g/mol. The number of hydrogen-bond acceptors (Lipinski definition) is 7. The number of hydrogen-bond donors (Lipinski definition) is 1. The van der Waals surface area contributed by atoms with Crippen LogP contribution in [0.2, 0.25) is 5.02 Å².